The lowest BCUT2D eigenvalue weighted by molar-refractivity contribution is 0.0945. The lowest BCUT2D eigenvalue weighted by Crippen LogP contribution is -2.30. The van der Waals surface area contributed by atoms with Crippen LogP contribution in [0.3, 0.4) is 0 Å². The molecule has 1 aliphatic heterocycles. The number of carbonyl (C=O) groups is 1. The number of rotatable bonds is 3. The first-order valence-electron chi connectivity index (χ1n) is 6.82. The number of halogens is 1. The average molecular weight is 281 g/mol. The fourth-order valence-corrected chi connectivity index (χ4v) is 2.50. The van der Waals surface area contributed by atoms with Crippen LogP contribution in [0.5, 0.6) is 0 Å². The summed E-state index contributed by atoms with van der Waals surface area (Å²) in [6.45, 7) is 4.05. The van der Waals surface area contributed by atoms with Gasteiger partial charge in [0.25, 0.3) is 5.91 Å². The molecule has 0 spiro atoms. The highest BCUT2D eigenvalue weighted by Crippen LogP contribution is 2.44. The number of anilines is 1. The van der Waals surface area contributed by atoms with Crippen molar-refractivity contribution in [2.45, 2.75) is 32.6 Å². The molecule has 1 amide bonds. The summed E-state index contributed by atoms with van der Waals surface area (Å²) in [6, 6.07) is 5.97. The molecular weight excluding hydrogens is 260 g/mol. The van der Waals surface area contributed by atoms with Crippen LogP contribution in [-0.2, 0) is 6.42 Å². The van der Waals surface area contributed by atoms with Crippen molar-refractivity contribution in [3.63, 3.8) is 0 Å². The van der Waals surface area contributed by atoms with Crippen molar-refractivity contribution in [3.8, 4) is 0 Å². The highest BCUT2D eigenvalue weighted by atomic mass is 35.5. The van der Waals surface area contributed by atoms with E-state index in [1.54, 1.807) is 0 Å². The van der Waals surface area contributed by atoms with E-state index in [1.165, 1.54) is 18.4 Å². The second-order valence-corrected chi connectivity index (χ2v) is 5.86. The van der Waals surface area contributed by atoms with E-state index in [0.717, 1.165) is 37.2 Å². The van der Waals surface area contributed by atoms with E-state index in [-0.39, 0.29) is 18.3 Å². The Balaban J connectivity index is 0.00000133. The third-order valence-corrected chi connectivity index (χ3v) is 4.12. The monoisotopic (exact) mass is 280 g/mol. The van der Waals surface area contributed by atoms with Gasteiger partial charge in [0.15, 0.2) is 0 Å². The van der Waals surface area contributed by atoms with Gasteiger partial charge in [-0.05, 0) is 48.8 Å². The van der Waals surface area contributed by atoms with E-state index < -0.39 is 0 Å². The van der Waals surface area contributed by atoms with Crippen LogP contribution in [0.15, 0.2) is 18.2 Å². The Kier molecular flexibility index (Phi) is 4.04. The third-order valence-electron chi connectivity index (χ3n) is 4.12. The van der Waals surface area contributed by atoms with Crippen LogP contribution in [0.1, 0.15) is 42.1 Å². The minimum absolute atomic E-state index is 0. The van der Waals surface area contributed by atoms with Crippen LogP contribution in [0.2, 0.25) is 0 Å². The largest absolute Gasteiger partial charge is 0.385 e. The first-order valence-corrected chi connectivity index (χ1v) is 6.82. The number of hydrogen-bond donors (Lipinski definition) is 2. The zero-order valence-corrected chi connectivity index (χ0v) is 12.1. The summed E-state index contributed by atoms with van der Waals surface area (Å²) in [7, 11) is 0. The predicted molar refractivity (Wildman–Crippen MR) is 80.2 cm³/mol. The van der Waals surface area contributed by atoms with Gasteiger partial charge >= 0.3 is 0 Å². The lowest BCUT2D eigenvalue weighted by Gasteiger charge is -2.21. The first-order chi connectivity index (χ1) is 8.68. The van der Waals surface area contributed by atoms with Crippen LogP contribution in [0.25, 0.3) is 0 Å². The number of carbonyl (C=O) groups excluding carboxylic acids is 1. The Morgan fingerprint density at radius 1 is 1.42 bits per heavy atom. The van der Waals surface area contributed by atoms with Crippen molar-refractivity contribution in [1.29, 1.82) is 0 Å². The average Bonchev–Trinajstić information content (AvgIpc) is 3.14. The summed E-state index contributed by atoms with van der Waals surface area (Å²) in [5.74, 6) is 0.0867. The molecule has 1 aromatic carbocycles. The van der Waals surface area contributed by atoms with Crippen molar-refractivity contribution >= 4 is 24.0 Å². The van der Waals surface area contributed by atoms with Crippen LogP contribution in [-0.4, -0.2) is 19.0 Å². The SMILES string of the molecule is CC1(CNC(=O)c2cccc3c2CCCN3)CC1.Cl. The van der Waals surface area contributed by atoms with Crippen molar-refractivity contribution in [3.05, 3.63) is 29.3 Å². The maximum absolute atomic E-state index is 12.3. The summed E-state index contributed by atoms with van der Waals surface area (Å²) in [5, 5.41) is 6.45. The molecule has 0 radical (unpaired) electrons. The predicted octanol–water partition coefficient (Wildman–Crippen LogP) is 3.00. The maximum Gasteiger partial charge on any atom is 0.251 e. The Morgan fingerprint density at radius 2 is 2.21 bits per heavy atom. The fraction of sp³-hybridized carbons (Fsp3) is 0.533. The van der Waals surface area contributed by atoms with E-state index in [0.29, 0.717) is 5.41 Å². The normalized spacial score (nSPS) is 18.6. The van der Waals surface area contributed by atoms with Crippen molar-refractivity contribution in [2.24, 2.45) is 5.41 Å². The molecule has 3 rings (SSSR count). The standard InChI is InChI=1S/C15H20N2O.ClH/c1-15(7-8-15)10-17-14(18)12-4-2-6-13-11(12)5-3-9-16-13;/h2,4,6,16H,3,5,7-10H2,1H3,(H,17,18);1H. The molecule has 2 aliphatic rings. The zero-order chi connectivity index (χ0) is 12.6. The van der Waals surface area contributed by atoms with E-state index >= 15 is 0 Å². The van der Waals surface area contributed by atoms with Gasteiger partial charge in [-0.2, -0.15) is 0 Å². The van der Waals surface area contributed by atoms with Crippen molar-refractivity contribution in [1.82, 2.24) is 5.32 Å². The highest BCUT2D eigenvalue weighted by molar-refractivity contribution is 5.97. The maximum atomic E-state index is 12.3. The van der Waals surface area contributed by atoms with Gasteiger partial charge in [0, 0.05) is 24.3 Å². The Hall–Kier alpha value is -1.22. The van der Waals surface area contributed by atoms with Gasteiger partial charge in [-0.25, -0.2) is 0 Å². The second kappa shape index (κ2) is 5.41. The Labute approximate surface area is 120 Å². The Bertz CT molecular complexity index is 483. The highest BCUT2D eigenvalue weighted by Gasteiger charge is 2.37. The molecule has 0 atom stereocenters. The van der Waals surface area contributed by atoms with Gasteiger partial charge in [0.05, 0.1) is 0 Å². The van der Waals surface area contributed by atoms with Gasteiger partial charge in [0.2, 0.25) is 0 Å². The molecule has 0 saturated heterocycles. The summed E-state index contributed by atoms with van der Waals surface area (Å²) in [5.41, 5.74) is 3.53. The molecule has 104 valence electrons. The van der Waals surface area contributed by atoms with Crippen LogP contribution in [0, 0.1) is 5.41 Å². The van der Waals surface area contributed by atoms with E-state index in [4.69, 9.17) is 0 Å². The molecule has 0 bridgehead atoms. The minimum atomic E-state index is 0. The first kappa shape index (κ1) is 14.2. The molecule has 1 fully saturated rings. The summed E-state index contributed by atoms with van der Waals surface area (Å²) in [6.07, 6.45) is 4.58. The number of hydrogen-bond acceptors (Lipinski definition) is 2. The van der Waals surface area contributed by atoms with E-state index in [9.17, 15) is 4.79 Å². The number of fused-ring (bicyclic) bond motifs is 1. The molecule has 0 aromatic heterocycles. The van der Waals surface area contributed by atoms with Gasteiger partial charge < -0.3 is 10.6 Å². The summed E-state index contributed by atoms with van der Waals surface area (Å²) < 4.78 is 0. The molecular formula is C15H21ClN2O. The minimum Gasteiger partial charge on any atom is -0.385 e. The third kappa shape index (κ3) is 3.03. The number of benzene rings is 1. The Morgan fingerprint density at radius 3 is 2.95 bits per heavy atom. The quantitative estimate of drug-likeness (QED) is 0.894. The van der Waals surface area contributed by atoms with Gasteiger partial charge in [-0.15, -0.1) is 12.4 Å². The molecule has 1 aromatic rings. The van der Waals surface area contributed by atoms with Crippen LogP contribution >= 0.6 is 12.4 Å². The zero-order valence-electron chi connectivity index (χ0n) is 11.3. The molecule has 0 unspecified atom stereocenters. The smallest absolute Gasteiger partial charge is 0.251 e. The molecule has 1 saturated carbocycles. The molecule has 3 nitrogen and oxygen atoms in total. The second-order valence-electron chi connectivity index (χ2n) is 5.86. The van der Waals surface area contributed by atoms with Crippen molar-refractivity contribution in [2.75, 3.05) is 18.4 Å². The van der Waals surface area contributed by atoms with Crippen LogP contribution < -0.4 is 10.6 Å². The number of amides is 1. The molecule has 2 N–H and O–H groups in total. The van der Waals surface area contributed by atoms with E-state index in [1.807, 2.05) is 12.1 Å². The summed E-state index contributed by atoms with van der Waals surface area (Å²) in [4.78, 5) is 12.3. The van der Waals surface area contributed by atoms with Gasteiger partial charge in [0.1, 0.15) is 0 Å². The fourth-order valence-electron chi connectivity index (χ4n) is 2.50. The van der Waals surface area contributed by atoms with E-state index in [2.05, 4.69) is 23.6 Å². The van der Waals surface area contributed by atoms with Gasteiger partial charge in [-0.3, -0.25) is 4.79 Å². The molecule has 4 heteroatoms. The van der Waals surface area contributed by atoms with Gasteiger partial charge in [-0.1, -0.05) is 13.0 Å². The number of nitrogens with one attached hydrogen (secondary N) is 2. The summed E-state index contributed by atoms with van der Waals surface area (Å²) >= 11 is 0. The lowest BCUT2D eigenvalue weighted by atomic mass is 9.97. The topological polar surface area (TPSA) is 41.1 Å². The molecule has 1 aliphatic carbocycles. The van der Waals surface area contributed by atoms with Crippen molar-refractivity contribution < 1.29 is 4.79 Å². The molecule has 1 heterocycles. The molecule has 19 heavy (non-hydrogen) atoms. The van der Waals surface area contributed by atoms with Crippen LogP contribution in [0.4, 0.5) is 5.69 Å².